The van der Waals surface area contributed by atoms with Crippen LogP contribution in [0.1, 0.15) is 0 Å². The van der Waals surface area contributed by atoms with E-state index in [0.29, 0.717) is 16.6 Å². The average molecular weight is 410 g/mol. The van der Waals surface area contributed by atoms with E-state index >= 15 is 0 Å². The van der Waals surface area contributed by atoms with E-state index in [-0.39, 0.29) is 0 Å². The number of nitrogens with zero attached hydrogens (tertiary/aromatic N) is 1. The molecular weight excluding hydrogens is 397 g/mol. The number of carbonyl (C=O) groups is 1. The molecule has 11 heteroatoms. The van der Waals surface area contributed by atoms with Gasteiger partial charge in [0.1, 0.15) is 0 Å². The van der Waals surface area contributed by atoms with Gasteiger partial charge in [-0.2, -0.15) is 13.2 Å². The zero-order chi connectivity index (χ0) is 20.4. The van der Waals surface area contributed by atoms with Gasteiger partial charge >= 0.3 is 12.3 Å². The van der Waals surface area contributed by atoms with Gasteiger partial charge in [0.25, 0.3) is 10.0 Å². The normalized spacial score (nSPS) is 11.8. The Hall–Kier alpha value is -3.34. The first-order valence-corrected chi connectivity index (χ1v) is 9.25. The van der Waals surface area contributed by atoms with Crippen molar-refractivity contribution in [3.8, 4) is 0 Å². The zero-order valence-electron chi connectivity index (χ0n) is 14.0. The predicted octanol–water partition coefficient (Wildman–Crippen LogP) is 3.68. The fourth-order valence-electron chi connectivity index (χ4n) is 2.45. The van der Waals surface area contributed by atoms with E-state index in [2.05, 4.69) is 10.3 Å². The molecule has 2 amide bonds. The van der Waals surface area contributed by atoms with Crippen LogP contribution in [0.4, 0.5) is 29.3 Å². The molecule has 146 valence electrons. The third kappa shape index (κ3) is 4.68. The van der Waals surface area contributed by atoms with Crippen molar-refractivity contribution < 1.29 is 26.4 Å². The molecule has 28 heavy (non-hydrogen) atoms. The number of rotatable bonds is 4. The first kappa shape index (κ1) is 19.4. The second kappa shape index (κ2) is 7.35. The molecular formula is C17H13F3N4O3S. The number of urea groups is 1. The number of halogens is 3. The molecule has 0 saturated carbocycles. The summed E-state index contributed by atoms with van der Waals surface area (Å²) in [6, 6.07) is 11.2. The minimum atomic E-state index is -4.73. The number of hydrogen-bond acceptors (Lipinski definition) is 5. The highest BCUT2D eigenvalue weighted by atomic mass is 32.2. The number of fused-ring (bicyclic) bond motifs is 1. The highest BCUT2D eigenvalue weighted by molar-refractivity contribution is 7.90. The molecule has 1 heterocycles. The van der Waals surface area contributed by atoms with Crippen LogP contribution in [-0.4, -0.2) is 25.7 Å². The Bertz CT molecular complexity index is 1130. The van der Waals surface area contributed by atoms with Gasteiger partial charge < -0.3 is 5.32 Å². The lowest BCUT2D eigenvalue weighted by molar-refractivity contribution is -0.0999. The van der Waals surface area contributed by atoms with Gasteiger partial charge in [0.2, 0.25) is 0 Å². The Balaban J connectivity index is 1.79. The van der Waals surface area contributed by atoms with Crippen molar-refractivity contribution in [1.29, 1.82) is 0 Å². The predicted molar refractivity (Wildman–Crippen MR) is 97.2 cm³/mol. The summed E-state index contributed by atoms with van der Waals surface area (Å²) >= 11 is 0. The van der Waals surface area contributed by atoms with Gasteiger partial charge in [0.15, 0.2) is 0 Å². The van der Waals surface area contributed by atoms with E-state index in [1.54, 1.807) is 41.3 Å². The Morgan fingerprint density at radius 3 is 2.50 bits per heavy atom. The number of carbonyl (C=O) groups excluding carboxylic acids is 1. The summed E-state index contributed by atoms with van der Waals surface area (Å²) in [5.74, 6) is 0. The lowest BCUT2D eigenvalue weighted by Gasteiger charge is -2.13. The molecule has 1 aromatic heterocycles. The summed E-state index contributed by atoms with van der Waals surface area (Å²) in [6.45, 7) is 0. The molecule has 0 bridgehead atoms. The Labute approximate surface area is 157 Å². The summed E-state index contributed by atoms with van der Waals surface area (Å²) in [5, 5.41) is 4.20. The van der Waals surface area contributed by atoms with Gasteiger partial charge in [-0.1, -0.05) is 12.1 Å². The van der Waals surface area contributed by atoms with Crippen LogP contribution in [0.5, 0.6) is 0 Å². The van der Waals surface area contributed by atoms with Gasteiger partial charge in [-0.05, 0) is 42.5 Å². The van der Waals surface area contributed by atoms with Crippen LogP contribution in [0.25, 0.3) is 10.9 Å². The van der Waals surface area contributed by atoms with E-state index in [1.165, 1.54) is 5.32 Å². The second-order valence-corrected chi connectivity index (χ2v) is 7.27. The highest BCUT2D eigenvalue weighted by Crippen LogP contribution is 2.23. The molecule has 0 aliphatic carbocycles. The van der Waals surface area contributed by atoms with E-state index in [1.807, 2.05) is 0 Å². The zero-order valence-corrected chi connectivity index (χ0v) is 14.8. The van der Waals surface area contributed by atoms with E-state index in [0.717, 1.165) is 24.3 Å². The Morgan fingerprint density at radius 2 is 1.75 bits per heavy atom. The number of benzene rings is 2. The van der Waals surface area contributed by atoms with Crippen LogP contribution in [0, 0.1) is 0 Å². The largest absolute Gasteiger partial charge is 0.482 e. The van der Waals surface area contributed by atoms with Crippen LogP contribution in [0.3, 0.4) is 0 Å². The Morgan fingerprint density at radius 1 is 1.00 bits per heavy atom. The molecule has 0 fully saturated rings. The number of nitrogens with one attached hydrogen (secondary N) is 3. The molecule has 2 aromatic carbocycles. The van der Waals surface area contributed by atoms with Gasteiger partial charge in [-0.25, -0.2) is 17.9 Å². The average Bonchev–Trinajstić information content (AvgIpc) is 2.60. The molecule has 0 radical (unpaired) electrons. The lowest BCUT2D eigenvalue weighted by Crippen LogP contribution is -2.34. The number of sulfonamides is 1. The number of aromatic nitrogens is 1. The monoisotopic (exact) mass is 410 g/mol. The summed E-state index contributed by atoms with van der Waals surface area (Å²) in [5.41, 5.74) is 0.441. The molecule has 0 saturated heterocycles. The summed E-state index contributed by atoms with van der Waals surface area (Å²) < 4.78 is 63.6. The summed E-state index contributed by atoms with van der Waals surface area (Å²) in [4.78, 5) is 15.8. The first-order valence-electron chi connectivity index (χ1n) is 7.77. The molecule has 3 aromatic rings. The second-order valence-electron chi connectivity index (χ2n) is 5.59. The van der Waals surface area contributed by atoms with E-state index in [9.17, 15) is 26.4 Å². The van der Waals surface area contributed by atoms with Crippen molar-refractivity contribution in [2.45, 2.75) is 11.2 Å². The topological polar surface area (TPSA) is 100 Å². The molecule has 3 rings (SSSR count). The van der Waals surface area contributed by atoms with E-state index < -0.39 is 32.9 Å². The number of pyridine rings is 1. The first-order chi connectivity index (χ1) is 13.1. The molecule has 7 nitrogen and oxygen atoms in total. The molecule has 0 aliphatic heterocycles. The quantitative estimate of drug-likeness (QED) is 0.570. The maximum absolute atomic E-state index is 12.4. The number of anilines is 2. The van der Waals surface area contributed by atoms with E-state index in [4.69, 9.17) is 0 Å². The van der Waals surface area contributed by atoms with Crippen molar-refractivity contribution >= 4 is 38.3 Å². The van der Waals surface area contributed by atoms with Crippen molar-refractivity contribution in [3.63, 3.8) is 0 Å². The smallest absolute Gasteiger partial charge is 0.306 e. The molecule has 0 unspecified atom stereocenters. The minimum absolute atomic E-state index is 0.325. The van der Waals surface area contributed by atoms with Crippen molar-refractivity contribution in [3.05, 3.63) is 60.8 Å². The number of amides is 2. The fraction of sp³-hybridized carbons (Fsp3) is 0.0588. The standard InChI is InChI=1S/C17H13F3N4O3S/c18-17(19,20)23-11-4-1-5-12(10-11)28(26,27)24-16(25)22-15-8-2-7-14-13(15)6-3-9-21-14/h1-10,23H,(H2,22,24,25). The SMILES string of the molecule is O=C(Nc1cccc2ncccc12)NS(=O)(=O)c1cccc(NC(F)(F)F)c1. The van der Waals surface area contributed by atoms with Crippen LogP contribution in [0.2, 0.25) is 0 Å². The van der Waals surface area contributed by atoms with Gasteiger partial charge in [-0.15, -0.1) is 0 Å². The third-order valence-corrected chi connectivity index (χ3v) is 4.88. The molecule has 0 aliphatic rings. The molecule has 3 N–H and O–H groups in total. The van der Waals surface area contributed by atoms with Crippen LogP contribution in [-0.2, 0) is 10.0 Å². The van der Waals surface area contributed by atoms with Gasteiger partial charge in [0, 0.05) is 17.3 Å². The van der Waals surface area contributed by atoms with Crippen molar-refractivity contribution in [1.82, 2.24) is 9.71 Å². The Kier molecular flexibility index (Phi) is 5.10. The molecule has 0 spiro atoms. The highest BCUT2D eigenvalue weighted by Gasteiger charge is 2.28. The van der Waals surface area contributed by atoms with Crippen LogP contribution in [0.15, 0.2) is 65.7 Å². The van der Waals surface area contributed by atoms with Gasteiger partial charge in [-0.3, -0.25) is 10.3 Å². The van der Waals surface area contributed by atoms with Crippen molar-refractivity contribution in [2.75, 3.05) is 10.6 Å². The molecule has 0 atom stereocenters. The van der Waals surface area contributed by atoms with Crippen molar-refractivity contribution in [2.24, 2.45) is 0 Å². The summed E-state index contributed by atoms with van der Waals surface area (Å²) in [7, 11) is -4.40. The maximum atomic E-state index is 12.4. The summed E-state index contributed by atoms with van der Waals surface area (Å²) in [6.07, 6.45) is -3.16. The number of hydrogen-bond donors (Lipinski definition) is 3. The van der Waals surface area contributed by atoms with Crippen LogP contribution >= 0.6 is 0 Å². The lowest BCUT2D eigenvalue weighted by atomic mass is 10.2. The fourth-order valence-corrected chi connectivity index (χ4v) is 3.40. The van der Waals surface area contributed by atoms with Crippen LogP contribution < -0.4 is 15.4 Å². The third-order valence-electron chi connectivity index (χ3n) is 3.55. The van der Waals surface area contributed by atoms with Gasteiger partial charge in [0.05, 0.1) is 16.1 Å². The maximum Gasteiger partial charge on any atom is 0.482 e. The minimum Gasteiger partial charge on any atom is -0.306 e. The number of alkyl halides is 3.